The van der Waals surface area contributed by atoms with Crippen LogP contribution in [0.4, 0.5) is 16.2 Å². The summed E-state index contributed by atoms with van der Waals surface area (Å²) in [5.74, 6) is -0.0777. The molecule has 2 aromatic rings. The van der Waals surface area contributed by atoms with Gasteiger partial charge in [0.25, 0.3) is 0 Å². The zero-order valence-corrected chi connectivity index (χ0v) is 16.6. The van der Waals surface area contributed by atoms with E-state index in [2.05, 4.69) is 21.0 Å². The Balaban J connectivity index is 1.51. The van der Waals surface area contributed by atoms with Crippen LogP contribution >= 0.6 is 0 Å². The van der Waals surface area contributed by atoms with Crippen molar-refractivity contribution in [1.82, 2.24) is 20.0 Å². The van der Waals surface area contributed by atoms with Crippen LogP contribution in [0.5, 0.6) is 0 Å². The molecular weight excluding hydrogens is 372 g/mol. The molecule has 2 atom stereocenters. The molecule has 0 spiro atoms. The number of aromatic nitrogens is 2. The molecule has 1 fully saturated rings. The molecular formula is C20H26N6O3. The fourth-order valence-corrected chi connectivity index (χ4v) is 3.22. The average Bonchev–Trinajstić information content (AvgIpc) is 3.33. The fourth-order valence-electron chi connectivity index (χ4n) is 3.22. The second-order valence-corrected chi connectivity index (χ2v) is 7.17. The Kier molecular flexibility index (Phi) is 6.48. The summed E-state index contributed by atoms with van der Waals surface area (Å²) in [6.07, 6.45) is 4.79. The number of rotatable bonds is 7. The first-order valence-corrected chi connectivity index (χ1v) is 9.67. The first-order valence-electron chi connectivity index (χ1n) is 9.67. The molecule has 29 heavy (non-hydrogen) atoms. The fraction of sp³-hybridized carbons (Fsp3) is 0.400. The van der Waals surface area contributed by atoms with Crippen LogP contribution in [0.2, 0.25) is 0 Å². The van der Waals surface area contributed by atoms with Gasteiger partial charge in [0.2, 0.25) is 11.8 Å². The molecule has 1 aromatic heterocycles. The topological polar surface area (TPSA) is 108 Å². The third-order valence-electron chi connectivity index (χ3n) is 4.73. The van der Waals surface area contributed by atoms with Gasteiger partial charge in [-0.15, -0.1) is 0 Å². The molecule has 0 aliphatic carbocycles. The Labute approximate surface area is 169 Å². The van der Waals surface area contributed by atoms with Crippen molar-refractivity contribution < 1.29 is 14.4 Å². The summed E-state index contributed by atoms with van der Waals surface area (Å²) >= 11 is 0. The molecule has 4 amide bonds. The Bertz CT molecular complexity index is 867. The number of nitrogens with one attached hydrogen (secondary N) is 3. The molecule has 1 aromatic carbocycles. The summed E-state index contributed by atoms with van der Waals surface area (Å²) in [4.78, 5) is 38.1. The predicted molar refractivity (Wildman–Crippen MR) is 109 cm³/mol. The van der Waals surface area contributed by atoms with E-state index in [1.807, 2.05) is 6.92 Å². The van der Waals surface area contributed by atoms with Crippen molar-refractivity contribution in [2.24, 2.45) is 0 Å². The van der Waals surface area contributed by atoms with Gasteiger partial charge in [-0.1, -0.05) is 6.07 Å². The summed E-state index contributed by atoms with van der Waals surface area (Å²) in [6.45, 7) is 4.85. The van der Waals surface area contributed by atoms with Gasteiger partial charge in [0, 0.05) is 49.3 Å². The molecule has 3 N–H and O–H groups in total. The number of hydrogen-bond acceptors (Lipinski definition) is 4. The van der Waals surface area contributed by atoms with E-state index in [9.17, 15) is 14.4 Å². The van der Waals surface area contributed by atoms with Crippen LogP contribution in [-0.4, -0.2) is 51.7 Å². The number of anilines is 2. The molecule has 9 heteroatoms. The molecule has 0 saturated carbocycles. The third-order valence-corrected chi connectivity index (χ3v) is 4.73. The van der Waals surface area contributed by atoms with Gasteiger partial charge in [-0.2, -0.15) is 5.10 Å². The number of likely N-dealkylation sites (tertiary alicyclic amines) is 1. The van der Waals surface area contributed by atoms with Crippen LogP contribution in [-0.2, 0) is 9.59 Å². The van der Waals surface area contributed by atoms with Crippen LogP contribution in [0.15, 0.2) is 42.7 Å². The van der Waals surface area contributed by atoms with Crippen LogP contribution in [0.3, 0.4) is 0 Å². The quantitative estimate of drug-likeness (QED) is 0.664. The minimum Gasteiger partial charge on any atom is -0.341 e. The lowest BCUT2D eigenvalue weighted by Crippen LogP contribution is -2.44. The van der Waals surface area contributed by atoms with Crippen LogP contribution in [0.25, 0.3) is 0 Å². The summed E-state index contributed by atoms with van der Waals surface area (Å²) < 4.78 is 1.57. The van der Waals surface area contributed by atoms with Gasteiger partial charge >= 0.3 is 6.03 Å². The van der Waals surface area contributed by atoms with E-state index in [1.54, 1.807) is 59.2 Å². The van der Waals surface area contributed by atoms with Gasteiger partial charge in [0.1, 0.15) is 6.04 Å². The first kappa shape index (κ1) is 20.4. The highest BCUT2D eigenvalue weighted by Crippen LogP contribution is 2.17. The molecule has 154 valence electrons. The van der Waals surface area contributed by atoms with E-state index in [0.717, 1.165) is 13.0 Å². The average molecular weight is 398 g/mol. The number of benzene rings is 1. The highest BCUT2D eigenvalue weighted by molar-refractivity contribution is 5.95. The molecule has 1 aliphatic heterocycles. The normalized spacial score (nSPS) is 15.7. The van der Waals surface area contributed by atoms with E-state index < -0.39 is 6.04 Å². The summed E-state index contributed by atoms with van der Waals surface area (Å²) in [5.41, 5.74) is 1.12. The maximum absolute atomic E-state index is 12.4. The Morgan fingerprint density at radius 1 is 1.17 bits per heavy atom. The molecule has 0 radical (unpaired) electrons. The molecule has 2 heterocycles. The molecule has 9 nitrogen and oxygen atoms in total. The van der Waals surface area contributed by atoms with Gasteiger partial charge in [0.05, 0.1) is 0 Å². The minimum absolute atomic E-state index is 0.131. The van der Waals surface area contributed by atoms with Crippen molar-refractivity contribution in [1.29, 1.82) is 0 Å². The Morgan fingerprint density at radius 3 is 2.59 bits per heavy atom. The SMILES string of the molecule is CC(CN1CCCC1=O)NC(=O)Nc1cccc(NC(=O)C(C)n2cccn2)c1. The lowest BCUT2D eigenvalue weighted by molar-refractivity contribution is -0.128. The van der Waals surface area contributed by atoms with Gasteiger partial charge < -0.3 is 20.9 Å². The number of carbonyl (C=O) groups excluding carboxylic acids is 3. The smallest absolute Gasteiger partial charge is 0.319 e. The number of hydrogen-bond donors (Lipinski definition) is 3. The zero-order chi connectivity index (χ0) is 20.8. The van der Waals surface area contributed by atoms with Crippen LogP contribution < -0.4 is 16.0 Å². The van der Waals surface area contributed by atoms with Crippen molar-refractivity contribution >= 4 is 29.2 Å². The highest BCUT2D eigenvalue weighted by atomic mass is 16.2. The number of urea groups is 1. The largest absolute Gasteiger partial charge is 0.341 e. The van der Waals surface area contributed by atoms with Crippen LogP contribution in [0, 0.1) is 0 Å². The lowest BCUT2D eigenvalue weighted by Gasteiger charge is -2.22. The van der Waals surface area contributed by atoms with E-state index in [1.165, 1.54) is 0 Å². The molecule has 1 saturated heterocycles. The highest BCUT2D eigenvalue weighted by Gasteiger charge is 2.22. The van der Waals surface area contributed by atoms with Crippen molar-refractivity contribution in [2.75, 3.05) is 23.7 Å². The van der Waals surface area contributed by atoms with E-state index >= 15 is 0 Å². The van der Waals surface area contributed by atoms with Gasteiger partial charge in [-0.05, 0) is 44.5 Å². The monoisotopic (exact) mass is 398 g/mol. The van der Waals surface area contributed by atoms with Crippen molar-refractivity contribution in [3.8, 4) is 0 Å². The number of nitrogens with zero attached hydrogens (tertiary/aromatic N) is 3. The standard InChI is InChI=1S/C20H26N6O3/c1-14(13-25-10-4-8-18(25)27)22-20(29)24-17-7-3-6-16(12-17)23-19(28)15(2)26-11-5-9-21-26/h3,5-7,9,11-12,14-15H,4,8,10,13H2,1-2H3,(H,23,28)(H2,22,24,29). The zero-order valence-electron chi connectivity index (χ0n) is 16.6. The maximum atomic E-state index is 12.4. The van der Waals surface area contributed by atoms with Crippen molar-refractivity contribution in [3.05, 3.63) is 42.7 Å². The minimum atomic E-state index is -0.459. The lowest BCUT2D eigenvalue weighted by atomic mass is 10.2. The van der Waals surface area contributed by atoms with Crippen LogP contribution in [0.1, 0.15) is 32.7 Å². The Hall–Kier alpha value is -3.36. The summed E-state index contributed by atoms with van der Waals surface area (Å²) in [7, 11) is 0. The predicted octanol–water partition coefficient (Wildman–Crippen LogP) is 2.22. The molecule has 3 rings (SSSR count). The summed E-state index contributed by atoms with van der Waals surface area (Å²) in [5, 5.41) is 12.5. The number of carbonyl (C=O) groups is 3. The van der Waals surface area contributed by atoms with Gasteiger partial charge in [-0.25, -0.2) is 4.79 Å². The maximum Gasteiger partial charge on any atom is 0.319 e. The third kappa shape index (κ3) is 5.56. The molecule has 0 bridgehead atoms. The first-order chi connectivity index (χ1) is 13.9. The summed E-state index contributed by atoms with van der Waals surface area (Å²) in [6, 6.07) is 7.68. The van der Waals surface area contributed by atoms with Gasteiger partial charge in [0.15, 0.2) is 0 Å². The number of amides is 4. The second-order valence-electron chi connectivity index (χ2n) is 7.17. The Morgan fingerprint density at radius 2 is 1.93 bits per heavy atom. The van der Waals surface area contributed by atoms with E-state index in [0.29, 0.717) is 24.3 Å². The van der Waals surface area contributed by atoms with Crippen molar-refractivity contribution in [3.63, 3.8) is 0 Å². The second kappa shape index (κ2) is 9.22. The molecule has 2 unspecified atom stereocenters. The van der Waals surface area contributed by atoms with E-state index in [-0.39, 0.29) is 23.9 Å². The van der Waals surface area contributed by atoms with E-state index in [4.69, 9.17) is 0 Å². The van der Waals surface area contributed by atoms with Gasteiger partial charge in [-0.3, -0.25) is 14.3 Å². The van der Waals surface area contributed by atoms with Crippen molar-refractivity contribution in [2.45, 2.75) is 38.8 Å². The molecule has 1 aliphatic rings.